The molecule has 4 saturated carbocycles. The Morgan fingerprint density at radius 2 is 1.66 bits per heavy atom. The fourth-order valence-corrected chi connectivity index (χ4v) is 8.88. The van der Waals surface area contributed by atoms with E-state index >= 15 is 0 Å². The van der Waals surface area contributed by atoms with Gasteiger partial charge in [-0.25, -0.2) is 14.2 Å². The van der Waals surface area contributed by atoms with Gasteiger partial charge in [0.1, 0.15) is 11.1 Å². The monoisotopic (exact) mass is 577 g/mol. The molecule has 0 unspecified atom stereocenters. The smallest absolute Gasteiger partial charge is 0.338 e. The Balaban J connectivity index is 1.22. The highest BCUT2D eigenvalue weighted by Gasteiger charge is 2.51. The SMILES string of the molecule is CCOC(=O)c1ccc(N=C2S[C@@H](C(=O)Nc3ccc(F)cc3)CC(=O)N2CCC23CC4CC(CC(C4)C2)C3)cc1. The number of benzene rings is 2. The summed E-state index contributed by atoms with van der Waals surface area (Å²) < 4.78 is 18.4. The molecule has 0 aromatic heterocycles. The molecule has 1 N–H and O–H groups in total. The van der Waals surface area contributed by atoms with Crippen molar-refractivity contribution >= 4 is 46.1 Å². The number of aliphatic imine (C=N–C) groups is 1. The second-order valence-corrected chi connectivity index (χ2v) is 13.4. The average Bonchev–Trinajstić information content (AvgIpc) is 2.93. The molecule has 5 fully saturated rings. The molecule has 2 aromatic carbocycles. The van der Waals surface area contributed by atoms with Gasteiger partial charge in [-0.15, -0.1) is 0 Å². The van der Waals surface area contributed by atoms with Gasteiger partial charge in [-0.05, 0) is 124 Å². The minimum atomic E-state index is -0.666. The van der Waals surface area contributed by atoms with Crippen LogP contribution in [0, 0.1) is 29.0 Å². The van der Waals surface area contributed by atoms with Crippen molar-refractivity contribution in [1.29, 1.82) is 0 Å². The fraction of sp³-hybridized carbons (Fsp3) is 0.500. The van der Waals surface area contributed by atoms with Gasteiger partial charge in [0.05, 0.1) is 17.9 Å². The van der Waals surface area contributed by atoms with Crippen molar-refractivity contribution in [2.24, 2.45) is 28.2 Å². The van der Waals surface area contributed by atoms with Crippen LogP contribution < -0.4 is 5.32 Å². The van der Waals surface area contributed by atoms with Crippen LogP contribution in [0.2, 0.25) is 0 Å². The van der Waals surface area contributed by atoms with E-state index in [1.165, 1.54) is 74.6 Å². The molecule has 0 radical (unpaired) electrons. The topological polar surface area (TPSA) is 88.1 Å². The number of carbonyl (C=O) groups is 3. The van der Waals surface area contributed by atoms with Crippen molar-refractivity contribution in [2.75, 3.05) is 18.5 Å². The highest BCUT2D eigenvalue weighted by atomic mass is 32.2. The Labute approximate surface area is 244 Å². The summed E-state index contributed by atoms with van der Waals surface area (Å²) in [5.74, 6) is 1.28. The number of rotatable bonds is 8. The molecule has 9 heteroatoms. The number of carbonyl (C=O) groups excluding carboxylic acids is 3. The molecule has 216 valence electrons. The van der Waals surface area contributed by atoms with E-state index in [1.54, 1.807) is 36.1 Å². The molecular formula is C32H36FN3O4S. The number of ether oxygens (including phenoxy) is 1. The summed E-state index contributed by atoms with van der Waals surface area (Å²) in [6, 6.07) is 12.3. The molecule has 1 aliphatic heterocycles. The number of amides is 2. The Bertz CT molecular complexity index is 1310. The number of nitrogens with zero attached hydrogens (tertiary/aromatic N) is 2. The third-order valence-corrected chi connectivity index (χ3v) is 10.4. The lowest BCUT2D eigenvalue weighted by molar-refractivity contribution is -0.130. The van der Waals surface area contributed by atoms with Crippen molar-refractivity contribution < 1.29 is 23.5 Å². The zero-order chi connectivity index (χ0) is 28.6. The van der Waals surface area contributed by atoms with Crippen LogP contribution >= 0.6 is 11.8 Å². The van der Waals surface area contributed by atoms with Crippen LogP contribution in [-0.4, -0.2) is 46.3 Å². The van der Waals surface area contributed by atoms with Crippen LogP contribution in [0.15, 0.2) is 53.5 Å². The maximum atomic E-state index is 13.6. The number of hydrogen-bond donors (Lipinski definition) is 1. The number of amidine groups is 1. The van der Waals surface area contributed by atoms with Crippen molar-refractivity contribution in [3.8, 4) is 0 Å². The summed E-state index contributed by atoms with van der Waals surface area (Å²) >= 11 is 1.28. The van der Waals surface area contributed by atoms with Crippen LogP contribution in [0.5, 0.6) is 0 Å². The van der Waals surface area contributed by atoms with E-state index in [4.69, 9.17) is 9.73 Å². The van der Waals surface area contributed by atoms with Crippen LogP contribution in [0.1, 0.15) is 68.6 Å². The van der Waals surface area contributed by atoms with Gasteiger partial charge in [0.2, 0.25) is 11.8 Å². The average molecular weight is 578 g/mol. The van der Waals surface area contributed by atoms with E-state index in [2.05, 4.69) is 5.32 Å². The molecule has 1 saturated heterocycles. The van der Waals surface area contributed by atoms with Crippen LogP contribution in [0.4, 0.5) is 15.8 Å². The first-order valence-corrected chi connectivity index (χ1v) is 15.6. The maximum absolute atomic E-state index is 13.6. The van der Waals surface area contributed by atoms with Crippen molar-refractivity contribution in [2.45, 2.75) is 63.5 Å². The number of esters is 1. The molecule has 1 heterocycles. The van der Waals surface area contributed by atoms with E-state index in [0.29, 0.717) is 40.7 Å². The van der Waals surface area contributed by atoms with Crippen molar-refractivity contribution in [1.82, 2.24) is 4.90 Å². The minimum Gasteiger partial charge on any atom is -0.462 e. The number of halogens is 1. The lowest BCUT2D eigenvalue weighted by atomic mass is 9.49. The third kappa shape index (κ3) is 6.20. The van der Waals surface area contributed by atoms with E-state index in [-0.39, 0.29) is 24.1 Å². The highest BCUT2D eigenvalue weighted by Crippen LogP contribution is 2.61. The van der Waals surface area contributed by atoms with Crippen LogP contribution in [-0.2, 0) is 14.3 Å². The summed E-state index contributed by atoms with van der Waals surface area (Å²) in [4.78, 5) is 45.4. The zero-order valence-corrected chi connectivity index (χ0v) is 24.1. The van der Waals surface area contributed by atoms with Gasteiger partial charge >= 0.3 is 5.97 Å². The molecule has 4 bridgehead atoms. The number of anilines is 1. The lowest BCUT2D eigenvalue weighted by Gasteiger charge is -2.57. The van der Waals surface area contributed by atoms with E-state index in [1.807, 2.05) is 0 Å². The molecule has 5 aliphatic rings. The molecule has 2 aromatic rings. The Kier molecular flexibility index (Phi) is 7.90. The Morgan fingerprint density at radius 3 is 2.27 bits per heavy atom. The second kappa shape index (κ2) is 11.6. The lowest BCUT2D eigenvalue weighted by Crippen LogP contribution is -2.50. The Morgan fingerprint density at radius 1 is 1.02 bits per heavy atom. The molecule has 1 atom stereocenters. The van der Waals surface area contributed by atoms with E-state index in [9.17, 15) is 18.8 Å². The normalized spacial score (nSPS) is 29.6. The molecule has 41 heavy (non-hydrogen) atoms. The number of thioether (sulfide) groups is 1. The summed E-state index contributed by atoms with van der Waals surface area (Å²) in [5.41, 5.74) is 1.80. The van der Waals surface area contributed by atoms with Crippen molar-refractivity contribution in [3.63, 3.8) is 0 Å². The molecule has 0 spiro atoms. The molecular weight excluding hydrogens is 541 g/mol. The van der Waals surface area contributed by atoms with E-state index in [0.717, 1.165) is 24.2 Å². The minimum absolute atomic E-state index is 0.0688. The van der Waals surface area contributed by atoms with Crippen molar-refractivity contribution in [3.05, 3.63) is 59.9 Å². The quantitative estimate of drug-likeness (QED) is 0.359. The molecule has 7 rings (SSSR count). The standard InChI is InChI=1S/C32H36FN3O4S/c1-2-40-30(39)23-3-7-26(8-4-23)35-31-36(12-11-32-17-20-13-21(18-32)15-22(14-20)19-32)28(37)16-27(41-31)29(38)34-25-9-5-24(33)6-10-25/h3-10,20-22,27H,2,11-19H2,1H3,(H,34,38)/t20?,21?,22?,27-,32?/m1/s1. The maximum Gasteiger partial charge on any atom is 0.338 e. The van der Waals surface area contributed by atoms with E-state index < -0.39 is 11.2 Å². The third-order valence-electron chi connectivity index (χ3n) is 9.18. The van der Waals surface area contributed by atoms with Gasteiger partial charge in [-0.3, -0.25) is 14.5 Å². The van der Waals surface area contributed by atoms with Gasteiger partial charge in [-0.2, -0.15) is 0 Å². The summed E-state index contributed by atoms with van der Waals surface area (Å²) in [7, 11) is 0. The molecule has 4 aliphatic carbocycles. The zero-order valence-electron chi connectivity index (χ0n) is 23.3. The predicted molar refractivity (Wildman–Crippen MR) is 157 cm³/mol. The molecule has 2 amide bonds. The fourth-order valence-electron chi connectivity index (χ4n) is 7.76. The molecule has 7 nitrogen and oxygen atoms in total. The van der Waals surface area contributed by atoms with Crippen LogP contribution in [0.25, 0.3) is 0 Å². The van der Waals surface area contributed by atoms with Gasteiger partial charge in [0.15, 0.2) is 5.17 Å². The van der Waals surface area contributed by atoms with Gasteiger partial charge in [0, 0.05) is 18.7 Å². The number of nitrogens with one attached hydrogen (secondary N) is 1. The summed E-state index contributed by atoms with van der Waals surface area (Å²) in [6.45, 7) is 2.64. The number of hydrogen-bond acceptors (Lipinski definition) is 6. The van der Waals surface area contributed by atoms with Gasteiger partial charge in [0.25, 0.3) is 0 Å². The van der Waals surface area contributed by atoms with Gasteiger partial charge in [-0.1, -0.05) is 11.8 Å². The first kappa shape index (κ1) is 27.9. The van der Waals surface area contributed by atoms with Crippen LogP contribution in [0.3, 0.4) is 0 Å². The van der Waals surface area contributed by atoms with Gasteiger partial charge < -0.3 is 10.1 Å². The predicted octanol–water partition coefficient (Wildman–Crippen LogP) is 6.57. The summed E-state index contributed by atoms with van der Waals surface area (Å²) in [5, 5.41) is 2.64. The summed E-state index contributed by atoms with van der Waals surface area (Å²) in [6.07, 6.45) is 8.93. The Hall–Kier alpha value is -3.20. The largest absolute Gasteiger partial charge is 0.462 e. The highest BCUT2D eigenvalue weighted by molar-refractivity contribution is 8.15. The first-order valence-electron chi connectivity index (χ1n) is 14.7. The second-order valence-electron chi connectivity index (χ2n) is 12.2. The first-order chi connectivity index (χ1) is 19.8.